The summed E-state index contributed by atoms with van der Waals surface area (Å²) in [6.07, 6.45) is -2.04. The van der Waals surface area contributed by atoms with E-state index in [0.717, 1.165) is 23.4 Å². The maximum Gasteiger partial charge on any atom is 0.416 e. The van der Waals surface area contributed by atoms with Gasteiger partial charge in [0.25, 0.3) is 5.91 Å². The van der Waals surface area contributed by atoms with Crippen molar-refractivity contribution in [2.45, 2.75) is 25.7 Å². The molecule has 0 radical (unpaired) electrons. The molecule has 0 spiro atoms. The van der Waals surface area contributed by atoms with Gasteiger partial charge >= 0.3 is 6.18 Å². The Kier molecular flexibility index (Phi) is 7.99. The van der Waals surface area contributed by atoms with Crippen molar-refractivity contribution in [2.75, 3.05) is 20.3 Å². The van der Waals surface area contributed by atoms with Crippen LogP contribution in [0.4, 0.5) is 13.2 Å². The SMILES string of the molecule is COCCCN(Cc1cccn1Cc1cccc(Cl)c1)C(=O)c1cccc(C(F)(F)F)c1. The third-order valence-corrected chi connectivity index (χ3v) is 5.25. The van der Waals surface area contributed by atoms with Crippen molar-refractivity contribution in [2.24, 2.45) is 0 Å². The molecule has 0 fully saturated rings. The van der Waals surface area contributed by atoms with Gasteiger partial charge in [-0.2, -0.15) is 13.2 Å². The van der Waals surface area contributed by atoms with E-state index >= 15 is 0 Å². The Bertz CT molecular complexity index is 1050. The van der Waals surface area contributed by atoms with Gasteiger partial charge in [0, 0.05) is 49.3 Å². The van der Waals surface area contributed by atoms with Crippen molar-refractivity contribution in [3.63, 3.8) is 0 Å². The number of aromatic nitrogens is 1. The van der Waals surface area contributed by atoms with Gasteiger partial charge in [0.1, 0.15) is 0 Å². The number of nitrogens with zero attached hydrogens (tertiary/aromatic N) is 2. The number of carbonyl (C=O) groups excluding carboxylic acids is 1. The Labute approximate surface area is 190 Å². The highest BCUT2D eigenvalue weighted by Gasteiger charge is 2.31. The van der Waals surface area contributed by atoms with E-state index in [1.807, 2.05) is 41.1 Å². The normalized spacial score (nSPS) is 11.5. The summed E-state index contributed by atoms with van der Waals surface area (Å²) in [6, 6.07) is 15.8. The molecule has 8 heteroatoms. The summed E-state index contributed by atoms with van der Waals surface area (Å²) in [5, 5.41) is 0.636. The molecule has 0 saturated heterocycles. The van der Waals surface area contributed by atoms with Gasteiger partial charge in [-0.05, 0) is 54.4 Å². The number of amides is 1. The maximum absolute atomic E-state index is 13.1. The molecule has 0 saturated carbocycles. The minimum Gasteiger partial charge on any atom is -0.385 e. The molecule has 32 heavy (non-hydrogen) atoms. The molecule has 1 heterocycles. The molecule has 2 aromatic carbocycles. The topological polar surface area (TPSA) is 34.5 Å². The minimum absolute atomic E-state index is 0.00480. The number of benzene rings is 2. The standard InChI is InChI=1S/C24H24ClF3N2O2/c1-32-13-5-12-30(23(31)19-7-3-8-20(15-19)24(26,27)28)17-22-10-4-11-29(22)16-18-6-2-9-21(25)14-18/h2-4,6-11,14-15H,5,12-13,16-17H2,1H3. The van der Waals surface area contributed by atoms with Gasteiger partial charge in [-0.15, -0.1) is 0 Å². The van der Waals surface area contributed by atoms with Gasteiger partial charge < -0.3 is 14.2 Å². The first kappa shape index (κ1) is 23.9. The molecule has 0 unspecified atom stereocenters. The number of hydrogen-bond donors (Lipinski definition) is 0. The lowest BCUT2D eigenvalue weighted by Crippen LogP contribution is -2.33. The fourth-order valence-corrected chi connectivity index (χ4v) is 3.65. The molecule has 0 bridgehead atoms. The van der Waals surface area contributed by atoms with Crippen LogP contribution in [0.3, 0.4) is 0 Å². The molecular formula is C24H24ClF3N2O2. The predicted molar refractivity (Wildman–Crippen MR) is 118 cm³/mol. The zero-order valence-corrected chi connectivity index (χ0v) is 18.4. The third kappa shape index (κ3) is 6.37. The number of methoxy groups -OCH3 is 1. The van der Waals surface area contributed by atoms with Gasteiger partial charge in [0.05, 0.1) is 12.1 Å². The lowest BCUT2D eigenvalue weighted by Gasteiger charge is -2.24. The summed E-state index contributed by atoms with van der Waals surface area (Å²) >= 11 is 6.08. The zero-order chi connectivity index (χ0) is 23.1. The molecular weight excluding hydrogens is 441 g/mol. The van der Waals surface area contributed by atoms with Crippen LogP contribution in [0.1, 0.15) is 33.6 Å². The second-order valence-electron chi connectivity index (χ2n) is 7.41. The van der Waals surface area contributed by atoms with Gasteiger partial charge in [-0.25, -0.2) is 0 Å². The molecule has 1 amide bonds. The lowest BCUT2D eigenvalue weighted by atomic mass is 10.1. The average Bonchev–Trinajstić information content (AvgIpc) is 3.18. The fraction of sp³-hybridized carbons (Fsp3) is 0.292. The van der Waals surface area contributed by atoms with Crippen LogP contribution < -0.4 is 0 Å². The lowest BCUT2D eigenvalue weighted by molar-refractivity contribution is -0.137. The van der Waals surface area contributed by atoms with Crippen molar-refractivity contribution in [1.82, 2.24) is 9.47 Å². The molecule has 3 aromatic rings. The Hall–Kier alpha value is -2.77. The summed E-state index contributed by atoms with van der Waals surface area (Å²) in [4.78, 5) is 14.7. The van der Waals surface area contributed by atoms with Crippen molar-refractivity contribution in [3.8, 4) is 0 Å². The molecule has 3 rings (SSSR count). The van der Waals surface area contributed by atoms with Crippen LogP contribution in [0, 0.1) is 0 Å². The van der Waals surface area contributed by atoms with Crippen molar-refractivity contribution in [3.05, 3.63) is 94.3 Å². The summed E-state index contributed by atoms with van der Waals surface area (Å²) in [7, 11) is 1.56. The van der Waals surface area contributed by atoms with E-state index in [9.17, 15) is 18.0 Å². The number of rotatable bonds is 9. The van der Waals surface area contributed by atoms with Gasteiger partial charge in [0.15, 0.2) is 0 Å². The average molecular weight is 465 g/mol. The molecule has 4 nitrogen and oxygen atoms in total. The number of ether oxygens (including phenoxy) is 1. The van der Waals surface area contributed by atoms with E-state index in [0.29, 0.717) is 31.1 Å². The fourth-order valence-electron chi connectivity index (χ4n) is 3.44. The minimum atomic E-state index is -4.51. The van der Waals surface area contributed by atoms with Crippen LogP contribution in [0.15, 0.2) is 66.9 Å². The maximum atomic E-state index is 13.1. The van der Waals surface area contributed by atoms with Gasteiger partial charge in [-0.1, -0.05) is 29.8 Å². The van der Waals surface area contributed by atoms with Crippen molar-refractivity contribution < 1.29 is 22.7 Å². The summed E-state index contributed by atoms with van der Waals surface area (Å²) in [5.74, 6) is -0.456. The first-order valence-electron chi connectivity index (χ1n) is 10.1. The second-order valence-corrected chi connectivity index (χ2v) is 7.85. The van der Waals surface area contributed by atoms with Crippen LogP contribution in [0.5, 0.6) is 0 Å². The van der Waals surface area contributed by atoms with Gasteiger partial charge in [-0.3, -0.25) is 4.79 Å². The number of hydrogen-bond acceptors (Lipinski definition) is 2. The van der Waals surface area contributed by atoms with Crippen LogP contribution in [-0.4, -0.2) is 35.6 Å². The zero-order valence-electron chi connectivity index (χ0n) is 17.6. The van der Waals surface area contributed by atoms with Crippen LogP contribution >= 0.6 is 11.6 Å². The Morgan fingerprint density at radius 3 is 2.59 bits per heavy atom. The number of alkyl halides is 3. The molecule has 0 aliphatic heterocycles. The highest BCUT2D eigenvalue weighted by Crippen LogP contribution is 2.30. The van der Waals surface area contributed by atoms with Crippen LogP contribution in [-0.2, 0) is 24.0 Å². The largest absolute Gasteiger partial charge is 0.416 e. The Morgan fingerprint density at radius 1 is 1.09 bits per heavy atom. The molecule has 170 valence electrons. The molecule has 0 aliphatic rings. The van der Waals surface area contributed by atoms with Gasteiger partial charge in [0.2, 0.25) is 0 Å². The highest BCUT2D eigenvalue weighted by atomic mass is 35.5. The number of halogens is 4. The predicted octanol–water partition coefficient (Wildman–Crippen LogP) is 5.89. The monoisotopic (exact) mass is 464 g/mol. The van der Waals surface area contributed by atoms with E-state index in [1.54, 1.807) is 18.1 Å². The van der Waals surface area contributed by atoms with E-state index in [1.165, 1.54) is 12.1 Å². The van der Waals surface area contributed by atoms with E-state index < -0.39 is 17.6 Å². The first-order chi connectivity index (χ1) is 15.3. The summed E-state index contributed by atoms with van der Waals surface area (Å²) in [5.41, 5.74) is 1.03. The Morgan fingerprint density at radius 2 is 1.88 bits per heavy atom. The smallest absolute Gasteiger partial charge is 0.385 e. The van der Waals surface area contributed by atoms with E-state index in [4.69, 9.17) is 16.3 Å². The van der Waals surface area contributed by atoms with E-state index in [2.05, 4.69) is 0 Å². The molecule has 0 atom stereocenters. The quantitative estimate of drug-likeness (QED) is 0.370. The summed E-state index contributed by atoms with van der Waals surface area (Å²) in [6.45, 7) is 1.61. The van der Waals surface area contributed by atoms with Crippen molar-refractivity contribution in [1.29, 1.82) is 0 Å². The highest BCUT2D eigenvalue weighted by molar-refractivity contribution is 6.30. The first-order valence-corrected chi connectivity index (χ1v) is 10.5. The molecule has 1 aromatic heterocycles. The van der Waals surface area contributed by atoms with Crippen LogP contribution in [0.2, 0.25) is 5.02 Å². The van der Waals surface area contributed by atoms with Crippen LogP contribution in [0.25, 0.3) is 0 Å². The summed E-state index contributed by atoms with van der Waals surface area (Å²) < 4.78 is 46.4. The Balaban J connectivity index is 1.83. The van der Waals surface area contributed by atoms with Crippen molar-refractivity contribution >= 4 is 17.5 Å². The molecule has 0 aliphatic carbocycles. The third-order valence-electron chi connectivity index (χ3n) is 5.02. The van der Waals surface area contributed by atoms with E-state index in [-0.39, 0.29) is 12.1 Å². The number of carbonyl (C=O) groups is 1. The molecule has 0 N–H and O–H groups in total. The second kappa shape index (κ2) is 10.7.